The lowest BCUT2D eigenvalue weighted by molar-refractivity contribution is 0.0698. The highest BCUT2D eigenvalue weighted by Gasteiger charge is 2.15. The normalized spacial score (nSPS) is 10.1. The van der Waals surface area contributed by atoms with Gasteiger partial charge in [0.2, 0.25) is 0 Å². The van der Waals surface area contributed by atoms with E-state index in [0.29, 0.717) is 5.56 Å². The second-order valence-corrected chi connectivity index (χ2v) is 4.19. The molecule has 0 aliphatic carbocycles. The van der Waals surface area contributed by atoms with Crippen molar-refractivity contribution >= 4 is 17.6 Å². The number of carboxylic acids is 1. The Morgan fingerprint density at radius 2 is 1.95 bits per heavy atom. The fourth-order valence-corrected chi connectivity index (χ4v) is 1.92. The van der Waals surface area contributed by atoms with Crippen LogP contribution in [0.4, 0.5) is 5.69 Å². The Balaban J connectivity index is 2.31. The molecule has 0 aliphatic rings. The van der Waals surface area contributed by atoms with Crippen LogP contribution in [-0.2, 0) is 6.42 Å². The van der Waals surface area contributed by atoms with Gasteiger partial charge in [-0.2, -0.15) is 0 Å². The van der Waals surface area contributed by atoms with Gasteiger partial charge in [-0.25, -0.2) is 4.79 Å². The van der Waals surface area contributed by atoms with Gasteiger partial charge in [0.05, 0.1) is 17.4 Å². The Hall–Kier alpha value is -2.69. The highest BCUT2D eigenvalue weighted by atomic mass is 16.4. The number of hydrogen-bond acceptors (Lipinski definition) is 3. The van der Waals surface area contributed by atoms with Crippen molar-refractivity contribution in [2.24, 2.45) is 0 Å². The van der Waals surface area contributed by atoms with Crippen molar-refractivity contribution in [3.63, 3.8) is 0 Å². The number of nitrogens with zero attached hydrogens (tertiary/aromatic N) is 1. The first-order valence-corrected chi connectivity index (χ1v) is 6.20. The topological polar surface area (TPSA) is 79.3 Å². The minimum absolute atomic E-state index is 0.0160. The first-order valence-electron chi connectivity index (χ1n) is 6.20. The van der Waals surface area contributed by atoms with E-state index < -0.39 is 5.97 Å². The number of anilines is 1. The van der Waals surface area contributed by atoms with Gasteiger partial charge >= 0.3 is 5.97 Å². The van der Waals surface area contributed by atoms with Crippen LogP contribution in [0.1, 0.15) is 33.2 Å². The molecule has 2 N–H and O–H groups in total. The summed E-state index contributed by atoms with van der Waals surface area (Å²) in [6.45, 7) is 1.96. The van der Waals surface area contributed by atoms with E-state index >= 15 is 0 Å². The maximum absolute atomic E-state index is 12.2. The molecule has 0 unspecified atom stereocenters. The van der Waals surface area contributed by atoms with Crippen LogP contribution in [0.5, 0.6) is 0 Å². The zero-order valence-corrected chi connectivity index (χ0v) is 11.0. The molecule has 1 aromatic heterocycles. The number of carboxylic acid groups (broad SMARTS) is 1. The number of nitrogens with one attached hydrogen (secondary N) is 1. The first kappa shape index (κ1) is 13.7. The van der Waals surface area contributed by atoms with Gasteiger partial charge in [0, 0.05) is 11.8 Å². The van der Waals surface area contributed by atoms with E-state index in [1.807, 2.05) is 19.1 Å². The van der Waals surface area contributed by atoms with Crippen molar-refractivity contribution in [3.8, 4) is 0 Å². The molecule has 5 heteroatoms. The van der Waals surface area contributed by atoms with E-state index in [4.69, 9.17) is 5.11 Å². The average molecular weight is 270 g/mol. The quantitative estimate of drug-likeness (QED) is 0.895. The molecular weight excluding hydrogens is 256 g/mol. The van der Waals surface area contributed by atoms with Gasteiger partial charge in [-0.15, -0.1) is 0 Å². The predicted molar refractivity (Wildman–Crippen MR) is 75.0 cm³/mol. The Bertz CT molecular complexity index is 653. The van der Waals surface area contributed by atoms with Gasteiger partial charge in [0.15, 0.2) is 0 Å². The number of carbonyl (C=O) groups excluding carboxylic acids is 1. The van der Waals surface area contributed by atoms with Gasteiger partial charge in [0.1, 0.15) is 0 Å². The number of benzene rings is 1. The molecule has 2 aromatic rings. The van der Waals surface area contributed by atoms with E-state index in [9.17, 15) is 9.59 Å². The van der Waals surface area contributed by atoms with Crippen molar-refractivity contribution in [2.75, 3.05) is 5.32 Å². The average Bonchev–Trinajstić information content (AvgIpc) is 2.47. The standard InChI is InChI=1S/C15H14N2O3/c1-2-10-5-3-4-6-11(10)14(18)17-13-9-16-8-7-12(13)15(19)20/h3-9H,2H2,1H3,(H,17,18)(H,19,20). The number of aromatic nitrogens is 1. The fraction of sp³-hybridized carbons (Fsp3) is 0.133. The molecule has 0 atom stereocenters. The van der Waals surface area contributed by atoms with Crippen LogP contribution in [-0.4, -0.2) is 22.0 Å². The molecule has 0 bridgehead atoms. The zero-order chi connectivity index (χ0) is 14.5. The minimum Gasteiger partial charge on any atom is -0.478 e. The molecule has 0 aliphatic heterocycles. The minimum atomic E-state index is -1.11. The second kappa shape index (κ2) is 5.97. The lowest BCUT2D eigenvalue weighted by atomic mass is 10.0. The molecule has 0 saturated heterocycles. The van der Waals surface area contributed by atoms with Crippen LogP contribution in [0.25, 0.3) is 0 Å². The Kier molecular flexibility index (Phi) is 4.10. The monoisotopic (exact) mass is 270 g/mol. The molecule has 0 radical (unpaired) electrons. The fourth-order valence-electron chi connectivity index (χ4n) is 1.92. The van der Waals surface area contributed by atoms with Crippen molar-refractivity contribution in [2.45, 2.75) is 13.3 Å². The molecule has 1 amide bonds. The number of pyridine rings is 1. The van der Waals surface area contributed by atoms with Crippen LogP contribution in [0.15, 0.2) is 42.7 Å². The molecule has 0 fully saturated rings. The molecule has 5 nitrogen and oxygen atoms in total. The molecule has 2 rings (SSSR count). The predicted octanol–water partition coefficient (Wildman–Crippen LogP) is 2.59. The number of rotatable bonds is 4. The maximum atomic E-state index is 12.2. The van der Waals surface area contributed by atoms with Crippen LogP contribution < -0.4 is 5.32 Å². The van der Waals surface area contributed by atoms with Gasteiger partial charge in [-0.3, -0.25) is 9.78 Å². The molecule has 1 heterocycles. The van der Waals surface area contributed by atoms with Crippen LogP contribution >= 0.6 is 0 Å². The third-order valence-electron chi connectivity index (χ3n) is 2.94. The van der Waals surface area contributed by atoms with Crippen LogP contribution in [0.3, 0.4) is 0 Å². The number of carbonyl (C=O) groups is 2. The summed E-state index contributed by atoms with van der Waals surface area (Å²) in [7, 11) is 0. The lowest BCUT2D eigenvalue weighted by Crippen LogP contribution is -2.16. The van der Waals surface area contributed by atoms with Gasteiger partial charge in [0.25, 0.3) is 5.91 Å². The van der Waals surface area contributed by atoms with Crippen molar-refractivity contribution in [3.05, 3.63) is 59.4 Å². The third-order valence-corrected chi connectivity index (χ3v) is 2.94. The smallest absolute Gasteiger partial charge is 0.337 e. The van der Waals surface area contributed by atoms with Crippen molar-refractivity contribution in [1.29, 1.82) is 0 Å². The largest absolute Gasteiger partial charge is 0.478 e. The second-order valence-electron chi connectivity index (χ2n) is 4.19. The number of amides is 1. The molecule has 102 valence electrons. The Morgan fingerprint density at radius 3 is 2.65 bits per heavy atom. The van der Waals surface area contributed by atoms with E-state index in [2.05, 4.69) is 10.3 Å². The number of hydrogen-bond donors (Lipinski definition) is 2. The first-order chi connectivity index (χ1) is 9.63. The highest BCUT2D eigenvalue weighted by molar-refractivity contribution is 6.08. The third kappa shape index (κ3) is 2.83. The van der Waals surface area contributed by atoms with Crippen LogP contribution in [0, 0.1) is 0 Å². The van der Waals surface area contributed by atoms with Gasteiger partial charge in [-0.05, 0) is 24.1 Å². The van der Waals surface area contributed by atoms with Crippen LogP contribution in [0.2, 0.25) is 0 Å². The van der Waals surface area contributed by atoms with Gasteiger partial charge < -0.3 is 10.4 Å². The molecule has 1 aromatic carbocycles. The van der Waals surface area contributed by atoms with E-state index in [1.54, 1.807) is 12.1 Å². The highest BCUT2D eigenvalue weighted by Crippen LogP contribution is 2.16. The van der Waals surface area contributed by atoms with Gasteiger partial charge in [-0.1, -0.05) is 25.1 Å². The summed E-state index contributed by atoms with van der Waals surface area (Å²) in [5.41, 5.74) is 1.65. The summed E-state index contributed by atoms with van der Waals surface area (Å²) in [5, 5.41) is 11.7. The molecular formula is C15H14N2O3. The molecule has 0 spiro atoms. The van der Waals surface area contributed by atoms with E-state index in [1.165, 1.54) is 18.5 Å². The summed E-state index contributed by atoms with van der Waals surface area (Å²) >= 11 is 0. The molecule has 20 heavy (non-hydrogen) atoms. The maximum Gasteiger partial charge on any atom is 0.337 e. The zero-order valence-electron chi connectivity index (χ0n) is 11.0. The van der Waals surface area contributed by atoms with Crippen molar-refractivity contribution in [1.82, 2.24) is 4.98 Å². The van der Waals surface area contributed by atoms with E-state index in [-0.39, 0.29) is 17.2 Å². The molecule has 0 saturated carbocycles. The summed E-state index contributed by atoms with van der Waals surface area (Å²) in [4.78, 5) is 27.2. The van der Waals surface area contributed by atoms with Crippen molar-refractivity contribution < 1.29 is 14.7 Å². The Morgan fingerprint density at radius 1 is 1.20 bits per heavy atom. The summed E-state index contributed by atoms with van der Waals surface area (Å²) in [6.07, 6.45) is 3.43. The summed E-state index contributed by atoms with van der Waals surface area (Å²) in [6, 6.07) is 8.57. The SMILES string of the molecule is CCc1ccccc1C(=O)Nc1cnccc1C(=O)O. The Labute approximate surface area is 116 Å². The number of aromatic carboxylic acids is 1. The van der Waals surface area contributed by atoms with E-state index in [0.717, 1.165) is 12.0 Å². The summed E-state index contributed by atoms with van der Waals surface area (Å²) < 4.78 is 0. The lowest BCUT2D eigenvalue weighted by Gasteiger charge is -2.10. The summed E-state index contributed by atoms with van der Waals surface area (Å²) in [5.74, 6) is -1.44. The number of aryl methyl sites for hydroxylation is 1.